The van der Waals surface area contributed by atoms with Crippen LogP contribution in [-0.2, 0) is 13.0 Å². The first-order valence-corrected chi connectivity index (χ1v) is 7.24. The first kappa shape index (κ1) is 15.3. The number of nitro groups is 1. The standard InChI is InChI=1S/C14H16N2O4S/c1-19-13-7-10(9-15)12(16(17)18)8-14(13)20-5-4-11-3-2-6-21-11/h2-3,6-8H,4-5,9,15H2,1H3. The molecule has 0 aliphatic carbocycles. The molecule has 0 unspecified atom stereocenters. The summed E-state index contributed by atoms with van der Waals surface area (Å²) in [5.41, 5.74) is 5.89. The number of hydrogen-bond acceptors (Lipinski definition) is 6. The highest BCUT2D eigenvalue weighted by Gasteiger charge is 2.18. The maximum atomic E-state index is 11.0. The van der Waals surface area contributed by atoms with Gasteiger partial charge >= 0.3 is 0 Å². The van der Waals surface area contributed by atoms with Crippen molar-refractivity contribution in [2.45, 2.75) is 13.0 Å². The molecule has 6 nitrogen and oxygen atoms in total. The number of methoxy groups -OCH3 is 1. The van der Waals surface area contributed by atoms with Crippen LogP contribution in [-0.4, -0.2) is 18.6 Å². The minimum absolute atomic E-state index is 0.0515. The summed E-state index contributed by atoms with van der Waals surface area (Å²) < 4.78 is 10.8. The highest BCUT2D eigenvalue weighted by Crippen LogP contribution is 2.34. The second-order valence-corrected chi connectivity index (χ2v) is 5.30. The number of nitro benzene ring substituents is 1. The van der Waals surface area contributed by atoms with Crippen LogP contribution in [0.4, 0.5) is 5.69 Å². The van der Waals surface area contributed by atoms with Gasteiger partial charge in [0.15, 0.2) is 11.5 Å². The first-order chi connectivity index (χ1) is 10.2. The predicted octanol–water partition coefficient (Wildman–Crippen LogP) is 2.75. The zero-order chi connectivity index (χ0) is 15.2. The van der Waals surface area contributed by atoms with Crippen LogP contribution < -0.4 is 15.2 Å². The monoisotopic (exact) mass is 308 g/mol. The summed E-state index contributed by atoms with van der Waals surface area (Å²) in [6, 6.07) is 6.92. The molecule has 1 aromatic heterocycles. The van der Waals surface area contributed by atoms with Crippen molar-refractivity contribution in [1.82, 2.24) is 0 Å². The fourth-order valence-electron chi connectivity index (χ4n) is 1.91. The quantitative estimate of drug-likeness (QED) is 0.627. The average Bonchev–Trinajstić information content (AvgIpc) is 2.99. The molecule has 0 amide bonds. The van der Waals surface area contributed by atoms with E-state index >= 15 is 0 Å². The van der Waals surface area contributed by atoms with Gasteiger partial charge in [0, 0.05) is 23.4 Å². The van der Waals surface area contributed by atoms with E-state index in [1.165, 1.54) is 18.1 Å². The zero-order valence-corrected chi connectivity index (χ0v) is 12.4. The van der Waals surface area contributed by atoms with Gasteiger partial charge in [-0.15, -0.1) is 11.3 Å². The van der Waals surface area contributed by atoms with E-state index in [-0.39, 0.29) is 12.2 Å². The van der Waals surface area contributed by atoms with Gasteiger partial charge in [0.25, 0.3) is 5.69 Å². The lowest BCUT2D eigenvalue weighted by atomic mass is 10.1. The summed E-state index contributed by atoms with van der Waals surface area (Å²) in [5, 5.41) is 13.0. The van der Waals surface area contributed by atoms with Gasteiger partial charge < -0.3 is 15.2 Å². The van der Waals surface area contributed by atoms with Crippen LogP contribution >= 0.6 is 11.3 Å². The van der Waals surface area contributed by atoms with Gasteiger partial charge in [0.2, 0.25) is 0 Å². The second-order valence-electron chi connectivity index (χ2n) is 4.27. The molecule has 2 N–H and O–H groups in total. The van der Waals surface area contributed by atoms with E-state index in [9.17, 15) is 10.1 Å². The second kappa shape index (κ2) is 7.05. The van der Waals surface area contributed by atoms with Crippen LogP contribution in [0.2, 0.25) is 0 Å². The van der Waals surface area contributed by atoms with Crippen LogP contribution in [0.5, 0.6) is 11.5 Å². The maximum Gasteiger partial charge on any atom is 0.277 e. The Morgan fingerprint density at radius 1 is 1.38 bits per heavy atom. The number of benzene rings is 1. The normalized spacial score (nSPS) is 10.4. The van der Waals surface area contributed by atoms with Crippen molar-refractivity contribution in [3.05, 3.63) is 50.2 Å². The Morgan fingerprint density at radius 3 is 2.76 bits per heavy atom. The number of nitrogens with two attached hydrogens (primary N) is 1. The van der Waals surface area contributed by atoms with Crippen LogP contribution in [0.25, 0.3) is 0 Å². The van der Waals surface area contributed by atoms with Crippen molar-refractivity contribution in [2.75, 3.05) is 13.7 Å². The van der Waals surface area contributed by atoms with Gasteiger partial charge in [-0.1, -0.05) is 6.07 Å². The number of thiophene rings is 1. The Hall–Kier alpha value is -2.12. The molecule has 1 heterocycles. The average molecular weight is 308 g/mol. The molecule has 0 saturated heterocycles. The lowest BCUT2D eigenvalue weighted by molar-refractivity contribution is -0.385. The summed E-state index contributed by atoms with van der Waals surface area (Å²) in [6.45, 7) is 0.498. The molecule has 112 valence electrons. The van der Waals surface area contributed by atoms with Crippen molar-refractivity contribution in [3.63, 3.8) is 0 Å². The highest BCUT2D eigenvalue weighted by atomic mass is 32.1. The van der Waals surface area contributed by atoms with E-state index in [4.69, 9.17) is 15.2 Å². The third-order valence-corrected chi connectivity index (χ3v) is 3.90. The molecular weight excluding hydrogens is 292 g/mol. The van der Waals surface area contributed by atoms with Gasteiger partial charge in [-0.2, -0.15) is 0 Å². The molecule has 1 aromatic carbocycles. The first-order valence-electron chi connectivity index (χ1n) is 6.36. The molecular formula is C14H16N2O4S. The predicted molar refractivity (Wildman–Crippen MR) is 81.1 cm³/mol. The minimum Gasteiger partial charge on any atom is -0.493 e. The molecule has 21 heavy (non-hydrogen) atoms. The number of nitrogens with zero attached hydrogens (tertiary/aromatic N) is 1. The molecule has 2 rings (SSSR count). The molecule has 0 aliphatic rings. The van der Waals surface area contributed by atoms with Gasteiger partial charge in [0.1, 0.15) is 0 Å². The third-order valence-electron chi connectivity index (χ3n) is 2.97. The zero-order valence-electron chi connectivity index (χ0n) is 11.6. The van der Waals surface area contributed by atoms with E-state index in [1.54, 1.807) is 17.4 Å². The number of hydrogen-bond donors (Lipinski definition) is 1. The summed E-state index contributed by atoms with van der Waals surface area (Å²) in [6.07, 6.45) is 0.743. The number of rotatable bonds is 7. The topological polar surface area (TPSA) is 87.6 Å². The van der Waals surface area contributed by atoms with Crippen LogP contribution in [0.1, 0.15) is 10.4 Å². The van der Waals surface area contributed by atoms with Gasteiger partial charge in [-0.3, -0.25) is 10.1 Å². The fourth-order valence-corrected chi connectivity index (χ4v) is 2.60. The summed E-state index contributed by atoms with van der Waals surface area (Å²) in [5.74, 6) is 0.810. The molecule has 2 aromatic rings. The van der Waals surface area contributed by atoms with Crippen molar-refractivity contribution >= 4 is 17.0 Å². The molecule has 0 atom stereocenters. The fraction of sp³-hybridized carbons (Fsp3) is 0.286. The maximum absolute atomic E-state index is 11.0. The summed E-state index contributed by atoms with van der Waals surface area (Å²) >= 11 is 1.65. The molecule has 0 fully saturated rings. The lowest BCUT2D eigenvalue weighted by Crippen LogP contribution is -2.06. The van der Waals surface area contributed by atoms with Gasteiger partial charge in [-0.25, -0.2) is 0 Å². The van der Waals surface area contributed by atoms with E-state index in [2.05, 4.69) is 0 Å². The molecule has 7 heteroatoms. The number of ether oxygens (including phenoxy) is 2. The van der Waals surface area contributed by atoms with Crippen molar-refractivity contribution in [1.29, 1.82) is 0 Å². The Kier molecular flexibility index (Phi) is 5.13. The van der Waals surface area contributed by atoms with Crippen LogP contribution in [0.3, 0.4) is 0 Å². The van der Waals surface area contributed by atoms with Gasteiger partial charge in [0.05, 0.1) is 24.7 Å². The smallest absolute Gasteiger partial charge is 0.277 e. The minimum atomic E-state index is -0.465. The molecule has 0 bridgehead atoms. The van der Waals surface area contributed by atoms with Crippen molar-refractivity contribution in [2.24, 2.45) is 5.73 Å². The van der Waals surface area contributed by atoms with Crippen molar-refractivity contribution in [3.8, 4) is 11.5 Å². The molecule has 0 saturated carbocycles. The van der Waals surface area contributed by atoms with Crippen LogP contribution in [0, 0.1) is 10.1 Å². The van der Waals surface area contributed by atoms with E-state index in [1.807, 2.05) is 17.5 Å². The van der Waals surface area contributed by atoms with E-state index in [0.29, 0.717) is 23.7 Å². The molecule has 0 spiro atoms. The summed E-state index contributed by atoms with van der Waals surface area (Å²) in [4.78, 5) is 11.8. The van der Waals surface area contributed by atoms with Crippen LogP contribution in [0.15, 0.2) is 29.6 Å². The Morgan fingerprint density at radius 2 is 2.19 bits per heavy atom. The SMILES string of the molecule is COc1cc(CN)c([N+](=O)[O-])cc1OCCc1cccs1. The summed E-state index contributed by atoms with van der Waals surface area (Å²) in [7, 11) is 1.49. The highest BCUT2D eigenvalue weighted by molar-refractivity contribution is 7.09. The Balaban J connectivity index is 2.16. The lowest BCUT2D eigenvalue weighted by Gasteiger charge is -2.12. The third kappa shape index (κ3) is 3.71. The van der Waals surface area contributed by atoms with E-state index in [0.717, 1.165) is 6.42 Å². The molecule has 0 aliphatic heterocycles. The van der Waals surface area contributed by atoms with Crippen molar-refractivity contribution < 1.29 is 14.4 Å². The van der Waals surface area contributed by atoms with E-state index < -0.39 is 4.92 Å². The van der Waals surface area contributed by atoms with Gasteiger partial charge in [-0.05, 0) is 17.5 Å². The Bertz CT molecular complexity index is 614. The Labute approximate surface area is 126 Å². The molecule has 0 radical (unpaired) electrons. The largest absolute Gasteiger partial charge is 0.493 e.